The minimum Gasteiger partial charge on any atom is -0.396 e. The van der Waals surface area contributed by atoms with Gasteiger partial charge in [0.2, 0.25) is 0 Å². The van der Waals surface area contributed by atoms with E-state index in [0.29, 0.717) is 12.5 Å². The molecule has 0 rings (SSSR count). The van der Waals surface area contributed by atoms with Crippen LogP contribution in [0.25, 0.3) is 0 Å². The smallest absolute Gasteiger partial charge is 0.0471 e. The van der Waals surface area contributed by atoms with E-state index in [9.17, 15) is 0 Å². The summed E-state index contributed by atoms with van der Waals surface area (Å²) < 4.78 is 0. The fourth-order valence-corrected chi connectivity index (χ4v) is 1.75. The predicted octanol–water partition coefficient (Wildman–Crippen LogP) is 3.95. The molecule has 1 atom stereocenters. The van der Waals surface area contributed by atoms with Gasteiger partial charge >= 0.3 is 0 Å². The molecule has 0 aliphatic heterocycles. The Morgan fingerprint density at radius 2 is 1.36 bits per heavy atom. The van der Waals surface area contributed by atoms with E-state index in [1.165, 1.54) is 32.1 Å². The van der Waals surface area contributed by atoms with Gasteiger partial charge in [0, 0.05) is 17.9 Å². The summed E-state index contributed by atoms with van der Waals surface area (Å²) in [6.45, 7) is 0.337. The van der Waals surface area contributed by atoms with Gasteiger partial charge in [-0.1, -0.05) is 38.5 Å². The third kappa shape index (κ3) is 10.6. The molecule has 0 aliphatic rings. The van der Waals surface area contributed by atoms with Crippen molar-refractivity contribution >= 4 is 23.2 Å². The molecule has 0 heterocycles. The Morgan fingerprint density at radius 3 is 1.86 bits per heavy atom. The lowest BCUT2D eigenvalue weighted by Gasteiger charge is -2.04. The maximum absolute atomic E-state index is 8.57. The normalized spacial score (nSPS) is 13.1. The lowest BCUT2D eigenvalue weighted by molar-refractivity contribution is 0.282. The molecule has 0 aliphatic carbocycles. The monoisotopic (exact) mass is 240 g/mol. The first-order chi connectivity index (χ1) is 6.81. The lowest BCUT2D eigenvalue weighted by atomic mass is 10.1. The zero-order valence-corrected chi connectivity index (χ0v) is 10.4. The van der Waals surface area contributed by atoms with Crippen molar-refractivity contribution in [2.45, 2.75) is 56.7 Å². The first-order valence-corrected chi connectivity index (χ1v) is 6.59. The van der Waals surface area contributed by atoms with Gasteiger partial charge in [0.05, 0.1) is 0 Å². The van der Waals surface area contributed by atoms with Crippen LogP contribution in [-0.2, 0) is 0 Å². The predicted molar refractivity (Wildman–Crippen MR) is 64.4 cm³/mol. The van der Waals surface area contributed by atoms with Crippen molar-refractivity contribution in [2.24, 2.45) is 0 Å². The number of rotatable bonds is 10. The Bertz CT molecular complexity index is 109. The second-order valence-corrected chi connectivity index (χ2v) is 4.66. The number of aliphatic hydroxyl groups is 1. The van der Waals surface area contributed by atoms with E-state index in [-0.39, 0.29) is 5.38 Å². The number of hydrogen-bond acceptors (Lipinski definition) is 1. The summed E-state index contributed by atoms with van der Waals surface area (Å²) in [7, 11) is 0. The zero-order chi connectivity index (χ0) is 10.6. The molecule has 0 unspecified atom stereocenters. The fraction of sp³-hybridized carbons (Fsp3) is 1.00. The van der Waals surface area contributed by atoms with Crippen molar-refractivity contribution in [1.29, 1.82) is 0 Å². The highest BCUT2D eigenvalue weighted by Gasteiger charge is 2.00. The molecule has 0 saturated heterocycles. The van der Waals surface area contributed by atoms with Crippen molar-refractivity contribution in [3.05, 3.63) is 0 Å². The molecule has 0 radical (unpaired) electrons. The molecule has 0 bridgehead atoms. The summed E-state index contributed by atoms with van der Waals surface area (Å²) in [4.78, 5) is 0. The second-order valence-electron chi connectivity index (χ2n) is 3.74. The standard InChI is InChI=1S/C11H22Cl2O/c12-10-11(13)8-6-4-2-1-3-5-7-9-14/h11,14H,1-10H2/t11-/m1/s1. The molecule has 3 heteroatoms. The molecule has 0 fully saturated rings. The van der Waals surface area contributed by atoms with Crippen LogP contribution >= 0.6 is 23.2 Å². The van der Waals surface area contributed by atoms with E-state index >= 15 is 0 Å². The molecule has 1 nitrogen and oxygen atoms in total. The van der Waals surface area contributed by atoms with Crippen LogP contribution in [0.15, 0.2) is 0 Å². The van der Waals surface area contributed by atoms with Crippen LogP contribution in [0.2, 0.25) is 0 Å². The largest absolute Gasteiger partial charge is 0.396 e. The van der Waals surface area contributed by atoms with Gasteiger partial charge in [-0.25, -0.2) is 0 Å². The molecule has 0 aromatic heterocycles. The number of halogens is 2. The highest BCUT2D eigenvalue weighted by Crippen LogP contribution is 2.13. The number of aliphatic hydroxyl groups excluding tert-OH is 1. The summed E-state index contributed by atoms with van der Waals surface area (Å²) in [6.07, 6.45) is 9.44. The molecule has 1 N–H and O–H groups in total. The van der Waals surface area contributed by atoms with Gasteiger partial charge in [0.1, 0.15) is 0 Å². The number of hydrogen-bond donors (Lipinski definition) is 1. The Balaban J connectivity index is 2.92. The molecule has 14 heavy (non-hydrogen) atoms. The van der Waals surface area contributed by atoms with E-state index in [0.717, 1.165) is 19.3 Å². The first kappa shape index (κ1) is 14.5. The second kappa shape index (κ2) is 11.6. The van der Waals surface area contributed by atoms with Gasteiger partial charge in [-0.2, -0.15) is 0 Å². The Hall–Kier alpha value is 0.540. The van der Waals surface area contributed by atoms with Crippen LogP contribution in [0.4, 0.5) is 0 Å². The Labute approximate surface area is 97.8 Å². The van der Waals surface area contributed by atoms with E-state index < -0.39 is 0 Å². The van der Waals surface area contributed by atoms with Crippen molar-refractivity contribution in [1.82, 2.24) is 0 Å². The minimum atomic E-state index is 0.158. The van der Waals surface area contributed by atoms with Crippen LogP contribution < -0.4 is 0 Å². The van der Waals surface area contributed by atoms with Crippen LogP contribution in [0.3, 0.4) is 0 Å². The van der Waals surface area contributed by atoms with Gasteiger partial charge in [-0.3, -0.25) is 0 Å². The van der Waals surface area contributed by atoms with Crippen molar-refractivity contribution < 1.29 is 5.11 Å². The maximum atomic E-state index is 8.57. The van der Waals surface area contributed by atoms with Crippen LogP contribution in [0.5, 0.6) is 0 Å². The summed E-state index contributed by atoms with van der Waals surface area (Å²) in [5, 5.41) is 8.73. The highest BCUT2D eigenvalue weighted by molar-refractivity contribution is 6.28. The molecule has 0 saturated carbocycles. The van der Waals surface area contributed by atoms with Crippen molar-refractivity contribution in [2.75, 3.05) is 12.5 Å². The van der Waals surface area contributed by atoms with E-state index in [1.807, 2.05) is 0 Å². The molecule has 0 aromatic carbocycles. The third-order valence-corrected chi connectivity index (χ3v) is 3.25. The number of alkyl halides is 2. The highest BCUT2D eigenvalue weighted by atomic mass is 35.5. The molecular formula is C11H22Cl2O. The van der Waals surface area contributed by atoms with Gasteiger partial charge in [0.25, 0.3) is 0 Å². The Morgan fingerprint density at radius 1 is 0.857 bits per heavy atom. The fourth-order valence-electron chi connectivity index (χ4n) is 1.44. The van der Waals surface area contributed by atoms with Gasteiger partial charge in [-0.05, 0) is 12.8 Å². The third-order valence-electron chi connectivity index (χ3n) is 2.34. The quantitative estimate of drug-likeness (QED) is 0.453. The molecule has 86 valence electrons. The van der Waals surface area contributed by atoms with Crippen LogP contribution in [0.1, 0.15) is 51.4 Å². The number of unbranched alkanes of at least 4 members (excludes halogenated alkanes) is 6. The first-order valence-electron chi connectivity index (χ1n) is 5.62. The molecule has 0 spiro atoms. The molecule has 0 amide bonds. The van der Waals surface area contributed by atoms with E-state index in [1.54, 1.807) is 0 Å². The topological polar surface area (TPSA) is 20.2 Å². The maximum Gasteiger partial charge on any atom is 0.0471 e. The van der Waals surface area contributed by atoms with Gasteiger partial charge in [0.15, 0.2) is 0 Å². The SMILES string of the molecule is OCCCCCCCCC[C@@H](Cl)CCl. The van der Waals surface area contributed by atoms with Crippen LogP contribution in [0, 0.1) is 0 Å². The summed E-state index contributed by atoms with van der Waals surface area (Å²) in [5.74, 6) is 0.568. The van der Waals surface area contributed by atoms with Gasteiger partial charge < -0.3 is 5.11 Å². The molecule has 0 aromatic rings. The van der Waals surface area contributed by atoms with E-state index in [4.69, 9.17) is 28.3 Å². The van der Waals surface area contributed by atoms with Crippen molar-refractivity contribution in [3.63, 3.8) is 0 Å². The van der Waals surface area contributed by atoms with Crippen LogP contribution in [-0.4, -0.2) is 23.0 Å². The summed E-state index contributed by atoms with van der Waals surface area (Å²) >= 11 is 11.5. The minimum absolute atomic E-state index is 0.158. The summed E-state index contributed by atoms with van der Waals surface area (Å²) in [6, 6.07) is 0. The average molecular weight is 241 g/mol. The summed E-state index contributed by atoms with van der Waals surface area (Å²) in [5.41, 5.74) is 0. The molecular weight excluding hydrogens is 219 g/mol. The average Bonchev–Trinajstić information content (AvgIpc) is 2.21. The zero-order valence-electron chi connectivity index (χ0n) is 8.85. The van der Waals surface area contributed by atoms with Crippen molar-refractivity contribution in [3.8, 4) is 0 Å². The lowest BCUT2D eigenvalue weighted by Crippen LogP contribution is -1.99. The van der Waals surface area contributed by atoms with Gasteiger partial charge in [-0.15, -0.1) is 23.2 Å². The Kier molecular flexibility index (Phi) is 12.1. The van der Waals surface area contributed by atoms with E-state index in [2.05, 4.69) is 0 Å².